The Hall–Kier alpha value is -0.220. The van der Waals surface area contributed by atoms with Crippen LogP contribution in [0.1, 0.15) is 34.1 Å². The number of amides is 1. The van der Waals surface area contributed by atoms with Crippen LogP contribution in [0.4, 0.5) is 0 Å². The van der Waals surface area contributed by atoms with Crippen LogP contribution in [0.2, 0.25) is 0 Å². The number of rotatable bonds is 4. The fraction of sp³-hybridized carbons (Fsp3) is 0.917. The second kappa shape index (κ2) is 6.50. The Bertz CT molecular complexity index is 235. The van der Waals surface area contributed by atoms with Gasteiger partial charge in [0.25, 0.3) is 0 Å². The molecule has 0 aromatic rings. The highest BCUT2D eigenvalue weighted by atomic mass is 32.2. The molecule has 1 saturated heterocycles. The van der Waals surface area contributed by atoms with E-state index in [1.54, 1.807) is 0 Å². The summed E-state index contributed by atoms with van der Waals surface area (Å²) in [6.07, 6.45) is 0.621. The highest BCUT2D eigenvalue weighted by molar-refractivity contribution is 8.00. The summed E-state index contributed by atoms with van der Waals surface area (Å²) in [7, 11) is 0. The van der Waals surface area contributed by atoms with Gasteiger partial charge in [-0.1, -0.05) is 13.8 Å². The van der Waals surface area contributed by atoms with Crippen LogP contribution in [0.5, 0.6) is 0 Å². The predicted octanol–water partition coefficient (Wildman–Crippen LogP) is 1.73. The highest BCUT2D eigenvalue weighted by Gasteiger charge is 2.29. The summed E-state index contributed by atoms with van der Waals surface area (Å²) in [5.74, 6) is 1.38. The first-order chi connectivity index (χ1) is 7.56. The molecule has 16 heavy (non-hydrogen) atoms. The van der Waals surface area contributed by atoms with E-state index in [2.05, 4.69) is 37.9 Å². The SMILES string of the molecule is CCNC(C)CC(=O)N1CCSC(C)C1C. The molecule has 0 aliphatic carbocycles. The molecule has 0 aromatic carbocycles. The van der Waals surface area contributed by atoms with Gasteiger partial charge in [-0.15, -0.1) is 0 Å². The van der Waals surface area contributed by atoms with Crippen molar-refractivity contribution >= 4 is 17.7 Å². The van der Waals surface area contributed by atoms with Gasteiger partial charge in [-0.05, 0) is 20.4 Å². The summed E-state index contributed by atoms with van der Waals surface area (Å²) in [6, 6.07) is 0.662. The van der Waals surface area contributed by atoms with E-state index in [1.165, 1.54) is 0 Å². The number of hydrogen-bond donors (Lipinski definition) is 1. The van der Waals surface area contributed by atoms with Gasteiger partial charge in [0.05, 0.1) is 0 Å². The van der Waals surface area contributed by atoms with E-state index >= 15 is 0 Å². The lowest BCUT2D eigenvalue weighted by atomic mass is 10.1. The van der Waals surface area contributed by atoms with E-state index in [0.29, 0.717) is 23.6 Å². The van der Waals surface area contributed by atoms with Crippen molar-refractivity contribution in [3.05, 3.63) is 0 Å². The molecular formula is C12H24N2OS. The van der Waals surface area contributed by atoms with Gasteiger partial charge in [0.15, 0.2) is 0 Å². The summed E-state index contributed by atoms with van der Waals surface area (Å²) in [5, 5.41) is 3.85. The number of nitrogens with zero attached hydrogens (tertiary/aromatic N) is 1. The lowest BCUT2D eigenvalue weighted by Gasteiger charge is -2.38. The van der Waals surface area contributed by atoms with Crippen LogP contribution in [0.3, 0.4) is 0 Å². The molecule has 0 bridgehead atoms. The van der Waals surface area contributed by atoms with Gasteiger partial charge in [-0.2, -0.15) is 11.8 Å². The third-order valence-electron chi connectivity index (χ3n) is 3.24. The predicted molar refractivity (Wildman–Crippen MR) is 70.9 cm³/mol. The molecule has 1 fully saturated rings. The molecular weight excluding hydrogens is 220 g/mol. The molecule has 4 heteroatoms. The van der Waals surface area contributed by atoms with Crippen molar-refractivity contribution in [2.45, 2.75) is 51.4 Å². The van der Waals surface area contributed by atoms with Gasteiger partial charge < -0.3 is 10.2 Å². The van der Waals surface area contributed by atoms with E-state index in [0.717, 1.165) is 18.8 Å². The van der Waals surface area contributed by atoms with Crippen molar-refractivity contribution in [3.63, 3.8) is 0 Å². The van der Waals surface area contributed by atoms with Crippen LogP contribution >= 0.6 is 11.8 Å². The fourth-order valence-corrected chi connectivity index (χ4v) is 3.18. The number of carbonyl (C=O) groups excluding carboxylic acids is 1. The smallest absolute Gasteiger partial charge is 0.224 e. The minimum atomic E-state index is 0.287. The first-order valence-electron chi connectivity index (χ1n) is 6.20. The van der Waals surface area contributed by atoms with Crippen molar-refractivity contribution in [2.24, 2.45) is 0 Å². The largest absolute Gasteiger partial charge is 0.338 e. The Kier molecular flexibility index (Phi) is 5.62. The topological polar surface area (TPSA) is 32.3 Å². The number of hydrogen-bond acceptors (Lipinski definition) is 3. The zero-order valence-corrected chi connectivity index (χ0v) is 11.6. The van der Waals surface area contributed by atoms with E-state index in [-0.39, 0.29) is 6.04 Å². The molecule has 0 radical (unpaired) electrons. The van der Waals surface area contributed by atoms with E-state index in [1.807, 2.05) is 11.8 Å². The maximum Gasteiger partial charge on any atom is 0.224 e. The minimum Gasteiger partial charge on any atom is -0.338 e. The Labute approximate surface area is 103 Å². The van der Waals surface area contributed by atoms with Gasteiger partial charge >= 0.3 is 0 Å². The molecule has 0 saturated carbocycles. The molecule has 1 aliphatic rings. The molecule has 1 aliphatic heterocycles. The highest BCUT2D eigenvalue weighted by Crippen LogP contribution is 2.24. The second-order valence-electron chi connectivity index (χ2n) is 4.57. The molecule has 1 amide bonds. The van der Waals surface area contributed by atoms with Gasteiger partial charge in [0, 0.05) is 36.1 Å². The Morgan fingerprint density at radius 1 is 1.56 bits per heavy atom. The Morgan fingerprint density at radius 2 is 2.25 bits per heavy atom. The Balaban J connectivity index is 2.46. The summed E-state index contributed by atoms with van der Waals surface area (Å²) in [5.41, 5.74) is 0. The third kappa shape index (κ3) is 3.67. The average molecular weight is 244 g/mol. The van der Waals surface area contributed by atoms with Crippen molar-refractivity contribution in [3.8, 4) is 0 Å². The number of carbonyl (C=O) groups is 1. The molecule has 0 aromatic heterocycles. The molecule has 3 unspecified atom stereocenters. The first kappa shape index (κ1) is 13.8. The van der Waals surface area contributed by atoms with Crippen LogP contribution in [0.25, 0.3) is 0 Å². The molecule has 3 atom stereocenters. The van der Waals surface area contributed by atoms with Crippen LogP contribution in [-0.4, -0.2) is 47.0 Å². The van der Waals surface area contributed by atoms with E-state index in [9.17, 15) is 4.79 Å². The summed E-state index contributed by atoms with van der Waals surface area (Å²) >= 11 is 1.97. The molecule has 94 valence electrons. The number of thioether (sulfide) groups is 1. The normalized spacial score (nSPS) is 27.9. The van der Waals surface area contributed by atoms with Crippen LogP contribution < -0.4 is 5.32 Å². The van der Waals surface area contributed by atoms with E-state index < -0.39 is 0 Å². The van der Waals surface area contributed by atoms with E-state index in [4.69, 9.17) is 0 Å². The zero-order valence-electron chi connectivity index (χ0n) is 10.8. The number of nitrogens with one attached hydrogen (secondary N) is 1. The lowest BCUT2D eigenvalue weighted by molar-refractivity contribution is -0.133. The minimum absolute atomic E-state index is 0.287. The monoisotopic (exact) mass is 244 g/mol. The molecule has 1 heterocycles. The standard InChI is InChI=1S/C12H24N2OS/c1-5-13-9(2)8-12(15)14-6-7-16-11(4)10(14)3/h9-11,13H,5-8H2,1-4H3. The first-order valence-corrected chi connectivity index (χ1v) is 7.25. The lowest BCUT2D eigenvalue weighted by Crippen LogP contribution is -2.49. The fourth-order valence-electron chi connectivity index (χ4n) is 2.08. The Morgan fingerprint density at radius 3 is 2.88 bits per heavy atom. The molecule has 0 spiro atoms. The van der Waals surface area contributed by atoms with Gasteiger partial charge in [-0.25, -0.2) is 0 Å². The zero-order chi connectivity index (χ0) is 12.1. The molecule has 3 nitrogen and oxygen atoms in total. The molecule has 1 rings (SSSR count). The maximum atomic E-state index is 12.1. The van der Waals surface area contributed by atoms with Crippen molar-refractivity contribution in [1.29, 1.82) is 0 Å². The summed E-state index contributed by atoms with van der Waals surface area (Å²) in [4.78, 5) is 14.2. The average Bonchev–Trinajstić information content (AvgIpc) is 2.22. The summed E-state index contributed by atoms with van der Waals surface area (Å²) < 4.78 is 0. The second-order valence-corrected chi connectivity index (χ2v) is 6.05. The van der Waals surface area contributed by atoms with Crippen molar-refractivity contribution < 1.29 is 4.79 Å². The van der Waals surface area contributed by atoms with Gasteiger partial charge in [0.2, 0.25) is 5.91 Å². The summed E-state index contributed by atoms with van der Waals surface area (Å²) in [6.45, 7) is 10.4. The molecule has 1 N–H and O–H groups in total. The van der Waals surface area contributed by atoms with Gasteiger partial charge in [-0.3, -0.25) is 4.79 Å². The van der Waals surface area contributed by atoms with Crippen LogP contribution in [-0.2, 0) is 4.79 Å². The van der Waals surface area contributed by atoms with Crippen LogP contribution in [0.15, 0.2) is 0 Å². The van der Waals surface area contributed by atoms with Crippen LogP contribution in [0, 0.1) is 0 Å². The van der Waals surface area contributed by atoms with Crippen molar-refractivity contribution in [2.75, 3.05) is 18.8 Å². The van der Waals surface area contributed by atoms with Crippen molar-refractivity contribution in [1.82, 2.24) is 10.2 Å². The maximum absolute atomic E-state index is 12.1. The third-order valence-corrected chi connectivity index (χ3v) is 4.58. The van der Waals surface area contributed by atoms with Gasteiger partial charge in [0.1, 0.15) is 0 Å². The quantitative estimate of drug-likeness (QED) is 0.817.